The lowest BCUT2D eigenvalue weighted by Crippen LogP contribution is -2.15. The van der Waals surface area contributed by atoms with Crippen molar-refractivity contribution in [3.63, 3.8) is 0 Å². The van der Waals surface area contributed by atoms with E-state index in [2.05, 4.69) is 6.92 Å². The van der Waals surface area contributed by atoms with Gasteiger partial charge >= 0.3 is 5.97 Å². The number of hydrogen-bond acceptors (Lipinski definition) is 2. The first-order chi connectivity index (χ1) is 8.15. The summed E-state index contributed by atoms with van der Waals surface area (Å²) in [4.78, 5) is 22.2. The maximum absolute atomic E-state index is 11.7. The van der Waals surface area contributed by atoms with Gasteiger partial charge in [0.25, 0.3) is 0 Å². The molecule has 1 N–H and O–H groups in total. The van der Waals surface area contributed by atoms with Crippen LogP contribution in [0.15, 0.2) is 0 Å². The molecule has 1 fully saturated rings. The Balaban J connectivity index is 2.31. The number of carbonyl (C=O) groups excluding carboxylic acids is 1. The predicted octanol–water partition coefficient (Wildman–Crippen LogP) is 3.42. The second kappa shape index (κ2) is 7.46. The highest BCUT2D eigenvalue weighted by Gasteiger charge is 2.33. The van der Waals surface area contributed by atoms with Crippen molar-refractivity contribution in [2.75, 3.05) is 0 Å². The molecule has 1 rings (SSSR count). The Morgan fingerprint density at radius 3 is 2.71 bits per heavy atom. The molecule has 0 aliphatic heterocycles. The number of carboxylic acid groups (broad SMARTS) is 1. The summed E-state index contributed by atoms with van der Waals surface area (Å²) in [6.07, 6.45) is 8.19. The average Bonchev–Trinajstić information content (AvgIpc) is 2.61. The first-order valence-corrected chi connectivity index (χ1v) is 6.89. The highest BCUT2D eigenvalue weighted by molar-refractivity contribution is 5.83. The molecule has 3 heteroatoms. The van der Waals surface area contributed by atoms with Gasteiger partial charge in [-0.3, -0.25) is 9.59 Å². The van der Waals surface area contributed by atoms with Crippen LogP contribution in [0, 0.1) is 11.8 Å². The number of carboxylic acids is 1. The van der Waals surface area contributed by atoms with Crippen LogP contribution in [-0.2, 0) is 9.59 Å². The molecule has 0 saturated heterocycles. The van der Waals surface area contributed by atoms with Gasteiger partial charge in [-0.2, -0.15) is 0 Å². The van der Waals surface area contributed by atoms with E-state index in [-0.39, 0.29) is 12.3 Å². The summed E-state index contributed by atoms with van der Waals surface area (Å²) in [6.45, 7) is 2.18. The van der Waals surface area contributed by atoms with Crippen LogP contribution in [0.3, 0.4) is 0 Å². The molecule has 0 radical (unpaired) electrons. The second-order valence-corrected chi connectivity index (χ2v) is 5.15. The van der Waals surface area contributed by atoms with Crippen molar-refractivity contribution in [2.24, 2.45) is 11.8 Å². The molecule has 1 aliphatic carbocycles. The number of carbonyl (C=O) groups is 2. The van der Waals surface area contributed by atoms with Gasteiger partial charge in [-0.05, 0) is 31.6 Å². The van der Waals surface area contributed by atoms with Gasteiger partial charge < -0.3 is 5.11 Å². The molecule has 1 saturated carbocycles. The fourth-order valence-electron chi connectivity index (χ4n) is 2.85. The number of Topliss-reactive ketones (excluding diaryl/α,β-unsaturated/α-hetero) is 1. The third-order valence-corrected chi connectivity index (χ3v) is 3.83. The fourth-order valence-corrected chi connectivity index (χ4v) is 2.85. The Bertz CT molecular complexity index is 260. The van der Waals surface area contributed by atoms with E-state index in [1.54, 1.807) is 0 Å². The lowest BCUT2D eigenvalue weighted by Gasteiger charge is -2.17. The molecular formula is C14H24O3. The van der Waals surface area contributed by atoms with Gasteiger partial charge in [-0.15, -0.1) is 0 Å². The van der Waals surface area contributed by atoms with Gasteiger partial charge in [0.1, 0.15) is 5.78 Å². The van der Waals surface area contributed by atoms with Crippen LogP contribution in [0.5, 0.6) is 0 Å². The number of unbranched alkanes of at least 4 members (excludes halogenated alkanes) is 2. The van der Waals surface area contributed by atoms with E-state index < -0.39 is 5.97 Å². The minimum absolute atomic E-state index is 0.159. The standard InChI is InChI=1S/C14H24O3/c1-2-3-4-6-11-9-10-13(15)12(11)7-5-8-14(16)17/h11-12H,2-10H2,1H3,(H,16,17). The van der Waals surface area contributed by atoms with Crippen LogP contribution < -0.4 is 0 Å². The Morgan fingerprint density at radius 2 is 2.06 bits per heavy atom. The number of ketones is 1. The summed E-state index contributed by atoms with van der Waals surface area (Å²) in [6, 6.07) is 0. The topological polar surface area (TPSA) is 54.4 Å². The van der Waals surface area contributed by atoms with E-state index in [9.17, 15) is 9.59 Å². The molecule has 3 nitrogen and oxygen atoms in total. The van der Waals surface area contributed by atoms with Crippen LogP contribution in [0.2, 0.25) is 0 Å². The van der Waals surface area contributed by atoms with Gasteiger partial charge in [0.15, 0.2) is 0 Å². The van der Waals surface area contributed by atoms with Crippen molar-refractivity contribution in [1.82, 2.24) is 0 Å². The lowest BCUT2D eigenvalue weighted by molar-refractivity contribution is -0.137. The third kappa shape index (κ3) is 4.88. The molecule has 0 aromatic rings. The summed E-state index contributed by atoms with van der Waals surface area (Å²) >= 11 is 0. The zero-order chi connectivity index (χ0) is 12.7. The Kier molecular flexibility index (Phi) is 6.23. The SMILES string of the molecule is CCCCCC1CCC(=O)C1CCCC(=O)O. The van der Waals surface area contributed by atoms with E-state index in [1.807, 2.05) is 0 Å². The van der Waals surface area contributed by atoms with Crippen molar-refractivity contribution < 1.29 is 14.7 Å². The van der Waals surface area contributed by atoms with Gasteiger partial charge in [-0.1, -0.05) is 26.2 Å². The largest absolute Gasteiger partial charge is 0.481 e. The van der Waals surface area contributed by atoms with Crippen LogP contribution in [0.25, 0.3) is 0 Å². The van der Waals surface area contributed by atoms with E-state index in [1.165, 1.54) is 19.3 Å². The van der Waals surface area contributed by atoms with Crippen molar-refractivity contribution in [2.45, 2.75) is 64.7 Å². The van der Waals surface area contributed by atoms with Crippen LogP contribution >= 0.6 is 0 Å². The summed E-state index contributed by atoms with van der Waals surface area (Å²) in [5, 5.41) is 8.61. The Labute approximate surface area is 104 Å². The molecule has 17 heavy (non-hydrogen) atoms. The fraction of sp³-hybridized carbons (Fsp3) is 0.857. The molecule has 0 aromatic heterocycles. The van der Waals surface area contributed by atoms with Crippen molar-refractivity contribution in [1.29, 1.82) is 0 Å². The molecule has 2 atom stereocenters. The van der Waals surface area contributed by atoms with Gasteiger partial charge in [0.2, 0.25) is 0 Å². The maximum atomic E-state index is 11.7. The molecule has 2 unspecified atom stereocenters. The molecule has 1 aliphatic rings. The normalized spacial score (nSPS) is 24.2. The number of aliphatic carboxylic acids is 1. The minimum Gasteiger partial charge on any atom is -0.481 e. The molecule has 0 heterocycles. The van der Waals surface area contributed by atoms with Gasteiger partial charge in [0, 0.05) is 18.8 Å². The molecular weight excluding hydrogens is 216 g/mol. The van der Waals surface area contributed by atoms with E-state index >= 15 is 0 Å². The van der Waals surface area contributed by atoms with Crippen molar-refractivity contribution in [3.05, 3.63) is 0 Å². The molecule has 0 aromatic carbocycles. The van der Waals surface area contributed by atoms with Gasteiger partial charge in [0.05, 0.1) is 0 Å². The predicted molar refractivity (Wildman–Crippen MR) is 66.8 cm³/mol. The average molecular weight is 240 g/mol. The van der Waals surface area contributed by atoms with E-state index in [0.29, 0.717) is 24.5 Å². The molecule has 0 spiro atoms. The van der Waals surface area contributed by atoms with Gasteiger partial charge in [-0.25, -0.2) is 0 Å². The minimum atomic E-state index is -0.752. The van der Waals surface area contributed by atoms with Crippen molar-refractivity contribution >= 4 is 11.8 Å². The molecule has 0 amide bonds. The lowest BCUT2D eigenvalue weighted by atomic mass is 9.86. The zero-order valence-corrected chi connectivity index (χ0v) is 10.8. The summed E-state index contributed by atoms with van der Waals surface area (Å²) < 4.78 is 0. The van der Waals surface area contributed by atoms with Crippen LogP contribution in [0.4, 0.5) is 0 Å². The van der Waals surface area contributed by atoms with Crippen LogP contribution in [-0.4, -0.2) is 16.9 Å². The summed E-state index contributed by atoms with van der Waals surface area (Å²) in [5.74, 6) is 0.309. The molecule has 0 bridgehead atoms. The van der Waals surface area contributed by atoms with E-state index in [4.69, 9.17) is 5.11 Å². The number of hydrogen-bond donors (Lipinski definition) is 1. The molecule has 98 valence electrons. The Morgan fingerprint density at radius 1 is 1.29 bits per heavy atom. The highest BCUT2D eigenvalue weighted by atomic mass is 16.4. The smallest absolute Gasteiger partial charge is 0.303 e. The third-order valence-electron chi connectivity index (χ3n) is 3.83. The second-order valence-electron chi connectivity index (χ2n) is 5.15. The monoisotopic (exact) mass is 240 g/mol. The van der Waals surface area contributed by atoms with Crippen LogP contribution in [0.1, 0.15) is 64.7 Å². The maximum Gasteiger partial charge on any atom is 0.303 e. The highest BCUT2D eigenvalue weighted by Crippen LogP contribution is 2.35. The summed E-state index contributed by atoms with van der Waals surface area (Å²) in [5.41, 5.74) is 0. The van der Waals surface area contributed by atoms with E-state index in [0.717, 1.165) is 19.3 Å². The zero-order valence-electron chi connectivity index (χ0n) is 10.8. The quantitative estimate of drug-likeness (QED) is 0.661. The first kappa shape index (κ1) is 14.2. The first-order valence-electron chi connectivity index (χ1n) is 6.89. The van der Waals surface area contributed by atoms with Crippen molar-refractivity contribution in [3.8, 4) is 0 Å². The summed E-state index contributed by atoms with van der Waals surface area (Å²) in [7, 11) is 0. The Hall–Kier alpha value is -0.860. The number of rotatable bonds is 8.